The molecule has 0 bridgehead atoms. The number of benzene rings is 1. The van der Waals surface area contributed by atoms with Crippen molar-refractivity contribution < 1.29 is 4.74 Å². The number of halogens is 1. The van der Waals surface area contributed by atoms with Gasteiger partial charge in [-0.3, -0.25) is 14.7 Å². The lowest BCUT2D eigenvalue weighted by atomic mass is 10.1. The highest BCUT2D eigenvalue weighted by atomic mass is 127. The number of ether oxygens (including phenoxy) is 1. The summed E-state index contributed by atoms with van der Waals surface area (Å²) in [6.45, 7) is 3.05. The van der Waals surface area contributed by atoms with Gasteiger partial charge in [0.05, 0.1) is 24.9 Å². The number of pyridine rings is 1. The van der Waals surface area contributed by atoms with E-state index < -0.39 is 0 Å². The maximum Gasteiger partial charge on any atom is 0.193 e. The first-order chi connectivity index (χ1) is 13.7. The van der Waals surface area contributed by atoms with Crippen molar-refractivity contribution in [3.05, 3.63) is 60.0 Å². The van der Waals surface area contributed by atoms with E-state index in [1.807, 2.05) is 38.6 Å². The second kappa shape index (κ2) is 10.0. The van der Waals surface area contributed by atoms with Crippen LogP contribution in [0.25, 0.3) is 10.9 Å². The number of nitrogens with zero attached hydrogens (tertiary/aromatic N) is 5. The van der Waals surface area contributed by atoms with Gasteiger partial charge in [-0.15, -0.1) is 24.0 Å². The van der Waals surface area contributed by atoms with Gasteiger partial charge in [0.15, 0.2) is 5.96 Å². The number of aliphatic imine (C=N–C) groups is 1. The van der Waals surface area contributed by atoms with Crippen LogP contribution in [0.5, 0.6) is 0 Å². The van der Waals surface area contributed by atoms with Crippen molar-refractivity contribution in [1.82, 2.24) is 25.0 Å². The third-order valence-electron chi connectivity index (χ3n) is 4.99. The summed E-state index contributed by atoms with van der Waals surface area (Å²) in [6, 6.07) is 12.4. The Morgan fingerprint density at radius 2 is 2.14 bits per heavy atom. The first kappa shape index (κ1) is 21.5. The van der Waals surface area contributed by atoms with Crippen molar-refractivity contribution >= 4 is 40.8 Å². The van der Waals surface area contributed by atoms with Crippen molar-refractivity contribution in [3.8, 4) is 0 Å². The van der Waals surface area contributed by atoms with E-state index in [0.717, 1.165) is 48.8 Å². The molecule has 0 radical (unpaired) electrons. The SMILES string of the molecule is CN=C(NCCc1ccc2ccccc2n1)N1CCOC(c2cnn(C)c2)C1.I. The summed E-state index contributed by atoms with van der Waals surface area (Å²) in [5.41, 5.74) is 3.22. The fourth-order valence-corrected chi connectivity index (χ4v) is 3.53. The summed E-state index contributed by atoms with van der Waals surface area (Å²) < 4.78 is 7.74. The fraction of sp³-hybridized carbons (Fsp3) is 0.381. The van der Waals surface area contributed by atoms with Crippen molar-refractivity contribution in [2.24, 2.45) is 12.0 Å². The van der Waals surface area contributed by atoms with E-state index >= 15 is 0 Å². The Kier molecular flexibility index (Phi) is 7.43. The predicted molar refractivity (Wildman–Crippen MR) is 126 cm³/mol. The Balaban J connectivity index is 0.00000240. The van der Waals surface area contributed by atoms with Crippen LogP contribution < -0.4 is 5.32 Å². The van der Waals surface area contributed by atoms with Crippen molar-refractivity contribution in [2.45, 2.75) is 12.5 Å². The summed E-state index contributed by atoms with van der Waals surface area (Å²) >= 11 is 0. The van der Waals surface area contributed by atoms with Gasteiger partial charge >= 0.3 is 0 Å². The van der Waals surface area contributed by atoms with Crippen molar-refractivity contribution in [2.75, 3.05) is 33.3 Å². The van der Waals surface area contributed by atoms with Crippen LogP contribution in [-0.2, 0) is 18.2 Å². The van der Waals surface area contributed by atoms with Gasteiger partial charge in [0.1, 0.15) is 6.10 Å². The second-order valence-electron chi connectivity index (χ2n) is 6.97. The average Bonchev–Trinajstić information content (AvgIpc) is 3.17. The van der Waals surface area contributed by atoms with Crippen LogP contribution in [0.2, 0.25) is 0 Å². The minimum atomic E-state index is 0. The fourth-order valence-electron chi connectivity index (χ4n) is 3.53. The maximum atomic E-state index is 5.93. The van der Waals surface area contributed by atoms with E-state index in [9.17, 15) is 0 Å². The van der Waals surface area contributed by atoms with Gasteiger partial charge in [0.2, 0.25) is 0 Å². The lowest BCUT2D eigenvalue weighted by molar-refractivity contribution is -0.00801. The van der Waals surface area contributed by atoms with Crippen LogP contribution in [0.3, 0.4) is 0 Å². The molecule has 4 rings (SSSR count). The molecule has 154 valence electrons. The number of rotatable bonds is 4. The summed E-state index contributed by atoms with van der Waals surface area (Å²) in [5.74, 6) is 0.901. The van der Waals surface area contributed by atoms with Crippen molar-refractivity contribution in [3.63, 3.8) is 0 Å². The van der Waals surface area contributed by atoms with E-state index in [-0.39, 0.29) is 30.1 Å². The van der Waals surface area contributed by atoms with Crippen LogP contribution in [0.4, 0.5) is 0 Å². The van der Waals surface area contributed by atoms with E-state index in [1.54, 1.807) is 4.68 Å². The highest BCUT2D eigenvalue weighted by Gasteiger charge is 2.25. The molecule has 1 atom stereocenters. The molecule has 0 amide bonds. The Labute approximate surface area is 188 Å². The molecule has 29 heavy (non-hydrogen) atoms. The van der Waals surface area contributed by atoms with Gasteiger partial charge in [-0.2, -0.15) is 5.10 Å². The van der Waals surface area contributed by atoms with E-state index in [4.69, 9.17) is 9.72 Å². The quantitative estimate of drug-likeness (QED) is 0.335. The first-order valence-electron chi connectivity index (χ1n) is 9.63. The minimum Gasteiger partial charge on any atom is -0.370 e. The lowest BCUT2D eigenvalue weighted by Gasteiger charge is -2.34. The molecular weight excluding hydrogens is 479 g/mol. The first-order valence-corrected chi connectivity index (χ1v) is 9.63. The molecular formula is C21H27IN6O. The molecule has 1 aromatic carbocycles. The average molecular weight is 506 g/mol. The summed E-state index contributed by atoms with van der Waals surface area (Å²) in [7, 11) is 3.75. The minimum absolute atomic E-state index is 0. The molecule has 1 aliphatic rings. The highest BCUT2D eigenvalue weighted by molar-refractivity contribution is 14.0. The number of hydrogen-bond donors (Lipinski definition) is 1. The molecule has 3 aromatic rings. The molecule has 0 spiro atoms. The number of para-hydroxylation sites is 1. The predicted octanol–water partition coefficient (Wildman–Crippen LogP) is 2.78. The monoisotopic (exact) mass is 506 g/mol. The molecule has 0 aliphatic carbocycles. The van der Waals surface area contributed by atoms with Gasteiger partial charge in [0.25, 0.3) is 0 Å². The molecule has 1 fully saturated rings. The molecule has 1 unspecified atom stereocenters. The molecule has 0 saturated carbocycles. The third kappa shape index (κ3) is 5.24. The second-order valence-corrected chi connectivity index (χ2v) is 6.97. The number of nitrogens with one attached hydrogen (secondary N) is 1. The third-order valence-corrected chi connectivity index (χ3v) is 4.99. The molecule has 2 aromatic heterocycles. The Hall–Kier alpha value is -2.20. The zero-order chi connectivity index (χ0) is 19.3. The molecule has 1 N–H and O–H groups in total. The van der Waals surface area contributed by atoms with Crippen LogP contribution in [-0.4, -0.2) is 58.9 Å². The number of aromatic nitrogens is 3. The number of guanidine groups is 1. The van der Waals surface area contributed by atoms with Crippen LogP contribution >= 0.6 is 24.0 Å². The van der Waals surface area contributed by atoms with Gasteiger partial charge in [-0.05, 0) is 12.1 Å². The summed E-state index contributed by atoms with van der Waals surface area (Å²) in [5, 5.41) is 8.90. The zero-order valence-electron chi connectivity index (χ0n) is 16.8. The standard InChI is InChI=1S/C21H26N6O.HI/c1-22-21(27-11-12-28-20(15-27)17-13-24-26(2)14-17)23-10-9-18-8-7-16-5-3-4-6-19(16)25-18;/h3-8,13-14,20H,9-12,15H2,1-2H3,(H,22,23);1H. The Morgan fingerprint density at radius 3 is 2.93 bits per heavy atom. The molecule has 1 aliphatic heterocycles. The lowest BCUT2D eigenvalue weighted by Crippen LogP contribution is -2.48. The van der Waals surface area contributed by atoms with Crippen LogP contribution in [0.15, 0.2) is 53.8 Å². The Morgan fingerprint density at radius 1 is 1.28 bits per heavy atom. The molecule has 3 heterocycles. The topological polar surface area (TPSA) is 67.6 Å². The van der Waals surface area contributed by atoms with E-state index in [1.165, 1.54) is 5.39 Å². The molecule has 8 heteroatoms. The number of hydrogen-bond acceptors (Lipinski definition) is 4. The van der Waals surface area contributed by atoms with Crippen molar-refractivity contribution in [1.29, 1.82) is 0 Å². The smallest absolute Gasteiger partial charge is 0.193 e. The van der Waals surface area contributed by atoms with E-state index in [2.05, 4.69) is 44.6 Å². The molecule has 1 saturated heterocycles. The maximum absolute atomic E-state index is 5.93. The van der Waals surface area contributed by atoms with E-state index in [0.29, 0.717) is 6.61 Å². The summed E-state index contributed by atoms with van der Waals surface area (Å²) in [6.07, 6.45) is 4.74. The van der Waals surface area contributed by atoms with Gasteiger partial charge in [0, 0.05) is 56.4 Å². The largest absolute Gasteiger partial charge is 0.370 e. The number of aryl methyl sites for hydroxylation is 1. The molecule has 7 nitrogen and oxygen atoms in total. The van der Waals surface area contributed by atoms with Gasteiger partial charge in [-0.1, -0.05) is 24.3 Å². The van der Waals surface area contributed by atoms with Crippen LogP contribution in [0, 0.1) is 0 Å². The number of fused-ring (bicyclic) bond motifs is 1. The van der Waals surface area contributed by atoms with Gasteiger partial charge in [-0.25, -0.2) is 0 Å². The van der Waals surface area contributed by atoms with Gasteiger partial charge < -0.3 is 15.0 Å². The zero-order valence-corrected chi connectivity index (χ0v) is 19.1. The highest BCUT2D eigenvalue weighted by Crippen LogP contribution is 2.21. The van der Waals surface area contributed by atoms with Crippen LogP contribution in [0.1, 0.15) is 17.4 Å². The number of morpholine rings is 1. The Bertz CT molecular complexity index is 972. The summed E-state index contributed by atoms with van der Waals surface area (Å²) in [4.78, 5) is 11.4. The normalized spacial score (nSPS) is 17.2.